The predicted molar refractivity (Wildman–Crippen MR) is 99.6 cm³/mol. The van der Waals surface area contributed by atoms with Crippen LogP contribution in [0, 0.1) is 0 Å². The number of ether oxygens (including phenoxy) is 1. The Kier molecular flexibility index (Phi) is 4.69. The largest absolute Gasteiger partial charge is 0.473 e. The number of hydrogen-bond acceptors (Lipinski definition) is 7. The van der Waals surface area contributed by atoms with Crippen LogP contribution in [0.3, 0.4) is 0 Å². The minimum Gasteiger partial charge on any atom is -0.473 e. The van der Waals surface area contributed by atoms with E-state index in [0.29, 0.717) is 36.2 Å². The number of anilines is 1. The van der Waals surface area contributed by atoms with Gasteiger partial charge in [0.1, 0.15) is 12.4 Å². The maximum Gasteiger partial charge on any atom is 0.213 e. The lowest BCUT2D eigenvalue weighted by molar-refractivity contribution is 0.294. The second-order valence-electron chi connectivity index (χ2n) is 5.87. The van der Waals surface area contributed by atoms with Crippen LogP contribution < -0.4 is 10.5 Å². The van der Waals surface area contributed by atoms with Crippen molar-refractivity contribution in [2.45, 2.75) is 13.2 Å². The van der Waals surface area contributed by atoms with Gasteiger partial charge >= 0.3 is 0 Å². The molecule has 0 spiro atoms. The first-order valence-corrected chi connectivity index (χ1v) is 8.38. The average Bonchev–Trinajstić information content (AvgIpc) is 3.16. The highest BCUT2D eigenvalue weighted by Gasteiger charge is 2.12. The minimum absolute atomic E-state index is 0.399. The van der Waals surface area contributed by atoms with Crippen molar-refractivity contribution < 1.29 is 4.74 Å². The van der Waals surface area contributed by atoms with Gasteiger partial charge in [0.25, 0.3) is 0 Å². The zero-order valence-corrected chi connectivity index (χ0v) is 14.4. The Morgan fingerprint density at radius 2 is 1.70 bits per heavy atom. The number of hydrogen-bond donors (Lipinski definition) is 1. The molecule has 0 radical (unpaired) electrons. The summed E-state index contributed by atoms with van der Waals surface area (Å²) in [5, 5.41) is 11.9. The topological polar surface area (TPSA) is 105 Å². The number of tetrazole rings is 1. The molecule has 0 saturated heterocycles. The van der Waals surface area contributed by atoms with E-state index in [1.807, 2.05) is 48.5 Å². The summed E-state index contributed by atoms with van der Waals surface area (Å²) in [5.74, 6) is 1.59. The van der Waals surface area contributed by atoms with Crippen LogP contribution in [0.15, 0.2) is 67.0 Å². The van der Waals surface area contributed by atoms with Gasteiger partial charge in [-0.3, -0.25) is 0 Å². The standard InChI is InChI=1S/C19H17N7O/c20-18-16(4-3-11-22-18)19-23-24-25-26(19)12-14-6-8-15(9-7-14)13-27-17-5-1-2-10-21-17/h1-11H,12-13H2,(H2,20,22). The molecule has 1 aromatic carbocycles. The molecular weight excluding hydrogens is 342 g/mol. The number of rotatable bonds is 6. The Hall–Kier alpha value is -3.81. The summed E-state index contributed by atoms with van der Waals surface area (Å²) < 4.78 is 7.36. The first-order valence-electron chi connectivity index (χ1n) is 8.38. The molecule has 0 aliphatic heterocycles. The summed E-state index contributed by atoms with van der Waals surface area (Å²) in [4.78, 5) is 8.23. The Balaban J connectivity index is 1.45. The highest BCUT2D eigenvalue weighted by atomic mass is 16.5. The summed E-state index contributed by atoms with van der Waals surface area (Å²) in [5.41, 5.74) is 8.76. The fourth-order valence-electron chi connectivity index (χ4n) is 2.61. The van der Waals surface area contributed by atoms with Crippen molar-refractivity contribution in [2.75, 3.05) is 5.73 Å². The van der Waals surface area contributed by atoms with Crippen LogP contribution in [0.5, 0.6) is 5.88 Å². The molecule has 0 amide bonds. The Bertz CT molecular complexity index is 1020. The molecule has 4 aromatic rings. The van der Waals surface area contributed by atoms with Gasteiger partial charge in [0.05, 0.1) is 12.1 Å². The number of aromatic nitrogens is 6. The van der Waals surface area contributed by atoms with Gasteiger partial charge in [0.15, 0.2) is 5.82 Å². The van der Waals surface area contributed by atoms with Crippen molar-refractivity contribution in [3.05, 3.63) is 78.1 Å². The molecule has 0 bridgehead atoms. The molecule has 3 aromatic heterocycles. The molecule has 0 saturated carbocycles. The zero-order valence-electron chi connectivity index (χ0n) is 14.4. The van der Waals surface area contributed by atoms with Crippen molar-refractivity contribution >= 4 is 5.82 Å². The number of benzene rings is 1. The second kappa shape index (κ2) is 7.61. The van der Waals surface area contributed by atoms with Gasteiger partial charge in [0.2, 0.25) is 5.88 Å². The summed E-state index contributed by atoms with van der Waals surface area (Å²) in [6, 6.07) is 17.3. The monoisotopic (exact) mass is 359 g/mol. The SMILES string of the molecule is Nc1ncccc1-c1nnnn1Cc1ccc(COc2ccccn2)cc1. The van der Waals surface area contributed by atoms with Crippen LogP contribution in [0.4, 0.5) is 5.82 Å². The molecule has 2 N–H and O–H groups in total. The molecular formula is C19H17N7O. The fourth-order valence-corrected chi connectivity index (χ4v) is 2.61. The number of nitrogen functional groups attached to an aromatic ring is 1. The lowest BCUT2D eigenvalue weighted by Crippen LogP contribution is -2.06. The summed E-state index contributed by atoms with van der Waals surface area (Å²) in [7, 11) is 0. The van der Waals surface area contributed by atoms with Crippen LogP contribution in [-0.2, 0) is 13.2 Å². The van der Waals surface area contributed by atoms with Crippen molar-refractivity contribution in [3.63, 3.8) is 0 Å². The maximum absolute atomic E-state index is 5.94. The lowest BCUT2D eigenvalue weighted by atomic mass is 10.1. The van der Waals surface area contributed by atoms with E-state index in [0.717, 1.165) is 11.1 Å². The normalized spacial score (nSPS) is 10.7. The second-order valence-corrected chi connectivity index (χ2v) is 5.87. The highest BCUT2D eigenvalue weighted by Crippen LogP contribution is 2.21. The number of nitrogens with two attached hydrogens (primary N) is 1. The third-order valence-electron chi connectivity index (χ3n) is 3.99. The van der Waals surface area contributed by atoms with Crippen LogP contribution >= 0.6 is 0 Å². The van der Waals surface area contributed by atoms with E-state index in [9.17, 15) is 0 Å². The third kappa shape index (κ3) is 3.90. The number of pyridine rings is 2. The van der Waals surface area contributed by atoms with E-state index < -0.39 is 0 Å². The van der Waals surface area contributed by atoms with Gasteiger partial charge in [0, 0.05) is 18.5 Å². The van der Waals surface area contributed by atoms with Gasteiger partial charge in [-0.15, -0.1) is 5.10 Å². The highest BCUT2D eigenvalue weighted by molar-refractivity contribution is 5.67. The zero-order chi connectivity index (χ0) is 18.5. The van der Waals surface area contributed by atoms with Gasteiger partial charge in [-0.2, -0.15) is 0 Å². The molecule has 8 nitrogen and oxygen atoms in total. The minimum atomic E-state index is 0.399. The first-order chi connectivity index (χ1) is 13.3. The quantitative estimate of drug-likeness (QED) is 0.563. The number of nitrogens with zero attached hydrogens (tertiary/aromatic N) is 6. The summed E-state index contributed by atoms with van der Waals surface area (Å²) in [6.07, 6.45) is 3.34. The van der Waals surface area contributed by atoms with Gasteiger partial charge in [-0.25, -0.2) is 14.6 Å². The van der Waals surface area contributed by atoms with E-state index in [1.165, 1.54) is 0 Å². The van der Waals surface area contributed by atoms with E-state index in [-0.39, 0.29) is 0 Å². The van der Waals surface area contributed by atoms with Crippen LogP contribution in [0.2, 0.25) is 0 Å². The van der Waals surface area contributed by atoms with E-state index >= 15 is 0 Å². The third-order valence-corrected chi connectivity index (χ3v) is 3.99. The van der Waals surface area contributed by atoms with Crippen molar-refractivity contribution in [1.82, 2.24) is 30.2 Å². The Morgan fingerprint density at radius 3 is 2.48 bits per heavy atom. The molecule has 0 unspecified atom stereocenters. The van der Waals surface area contributed by atoms with Crippen LogP contribution in [-0.4, -0.2) is 30.2 Å². The molecule has 0 aliphatic carbocycles. The van der Waals surface area contributed by atoms with Gasteiger partial charge < -0.3 is 10.5 Å². The molecule has 0 atom stereocenters. The van der Waals surface area contributed by atoms with Gasteiger partial charge in [-0.05, 0) is 39.8 Å². The Morgan fingerprint density at radius 1 is 0.889 bits per heavy atom. The van der Waals surface area contributed by atoms with Crippen molar-refractivity contribution in [3.8, 4) is 17.3 Å². The predicted octanol–water partition coefficient (Wildman–Crippen LogP) is 2.34. The van der Waals surface area contributed by atoms with E-state index in [2.05, 4.69) is 25.5 Å². The fraction of sp³-hybridized carbons (Fsp3) is 0.105. The van der Waals surface area contributed by atoms with E-state index in [4.69, 9.17) is 10.5 Å². The van der Waals surface area contributed by atoms with Crippen LogP contribution in [0.1, 0.15) is 11.1 Å². The molecule has 3 heterocycles. The summed E-state index contributed by atoms with van der Waals surface area (Å²) in [6.45, 7) is 0.984. The molecule has 27 heavy (non-hydrogen) atoms. The molecule has 0 fully saturated rings. The smallest absolute Gasteiger partial charge is 0.213 e. The van der Waals surface area contributed by atoms with Crippen molar-refractivity contribution in [1.29, 1.82) is 0 Å². The molecule has 4 rings (SSSR count). The molecule has 134 valence electrons. The van der Waals surface area contributed by atoms with Gasteiger partial charge in [-0.1, -0.05) is 30.3 Å². The Labute approximate surface area is 155 Å². The summed E-state index contributed by atoms with van der Waals surface area (Å²) >= 11 is 0. The maximum atomic E-state index is 5.94. The van der Waals surface area contributed by atoms with E-state index in [1.54, 1.807) is 23.1 Å². The van der Waals surface area contributed by atoms with Crippen LogP contribution in [0.25, 0.3) is 11.4 Å². The average molecular weight is 359 g/mol. The lowest BCUT2D eigenvalue weighted by Gasteiger charge is -2.08. The molecule has 8 heteroatoms. The van der Waals surface area contributed by atoms with Crippen molar-refractivity contribution in [2.24, 2.45) is 0 Å². The molecule has 0 aliphatic rings. The first kappa shape index (κ1) is 16.6.